The molecule has 2 heterocycles. The minimum absolute atomic E-state index is 0.286. The highest BCUT2D eigenvalue weighted by molar-refractivity contribution is 9.11. The summed E-state index contributed by atoms with van der Waals surface area (Å²) in [7, 11) is 0. The lowest BCUT2D eigenvalue weighted by Crippen LogP contribution is -2.42. The number of nitrogens with zero attached hydrogens (tertiary/aromatic N) is 2. The minimum atomic E-state index is 0.286. The SMILES string of the molecule is CC(N)C1CCCN(Cc2ncc(Br)cc2Br)C1. The average Bonchev–Trinajstić information content (AvgIpc) is 2.33. The smallest absolute Gasteiger partial charge is 0.0686 e. The van der Waals surface area contributed by atoms with Gasteiger partial charge in [-0.3, -0.25) is 9.88 Å². The van der Waals surface area contributed by atoms with E-state index < -0.39 is 0 Å². The van der Waals surface area contributed by atoms with E-state index in [1.54, 1.807) is 0 Å². The molecule has 0 saturated carbocycles. The van der Waals surface area contributed by atoms with Crippen LogP contribution >= 0.6 is 31.9 Å². The molecule has 0 aromatic carbocycles. The van der Waals surface area contributed by atoms with Crippen molar-refractivity contribution in [2.45, 2.75) is 32.4 Å². The molecule has 3 nitrogen and oxygen atoms in total. The van der Waals surface area contributed by atoms with Gasteiger partial charge in [0.1, 0.15) is 0 Å². The molecule has 1 aliphatic rings. The summed E-state index contributed by atoms with van der Waals surface area (Å²) in [5, 5.41) is 0. The van der Waals surface area contributed by atoms with E-state index in [0.717, 1.165) is 34.3 Å². The Balaban J connectivity index is 2.00. The first kappa shape index (κ1) is 14.4. The number of rotatable bonds is 3. The van der Waals surface area contributed by atoms with Gasteiger partial charge in [0, 0.05) is 34.3 Å². The topological polar surface area (TPSA) is 42.1 Å². The van der Waals surface area contributed by atoms with Gasteiger partial charge in [0.15, 0.2) is 0 Å². The highest BCUT2D eigenvalue weighted by atomic mass is 79.9. The second kappa shape index (κ2) is 6.46. The zero-order chi connectivity index (χ0) is 13.1. The van der Waals surface area contributed by atoms with Gasteiger partial charge in [-0.05, 0) is 70.2 Å². The van der Waals surface area contributed by atoms with Crippen LogP contribution in [0.2, 0.25) is 0 Å². The Labute approximate surface area is 125 Å². The lowest BCUT2D eigenvalue weighted by Gasteiger charge is -2.34. The van der Waals surface area contributed by atoms with Crippen molar-refractivity contribution in [3.05, 3.63) is 26.9 Å². The van der Waals surface area contributed by atoms with Crippen LogP contribution in [-0.4, -0.2) is 29.0 Å². The van der Waals surface area contributed by atoms with E-state index in [-0.39, 0.29) is 6.04 Å². The van der Waals surface area contributed by atoms with E-state index in [4.69, 9.17) is 5.73 Å². The summed E-state index contributed by atoms with van der Waals surface area (Å²) < 4.78 is 2.07. The van der Waals surface area contributed by atoms with Gasteiger partial charge in [0.25, 0.3) is 0 Å². The zero-order valence-electron chi connectivity index (χ0n) is 10.6. The Bertz CT molecular complexity index is 409. The lowest BCUT2D eigenvalue weighted by molar-refractivity contribution is 0.152. The molecular formula is C13H19Br2N3. The Morgan fingerprint density at radius 2 is 2.33 bits per heavy atom. The average molecular weight is 377 g/mol. The third kappa shape index (κ3) is 3.76. The molecule has 5 heteroatoms. The number of halogens is 2. The van der Waals surface area contributed by atoms with E-state index >= 15 is 0 Å². The fraction of sp³-hybridized carbons (Fsp3) is 0.615. The molecule has 1 saturated heterocycles. The standard InChI is InChI=1S/C13H19Br2N3/c1-9(16)10-3-2-4-18(7-10)8-13-12(15)5-11(14)6-17-13/h5-6,9-10H,2-4,7-8,16H2,1H3. The normalized spacial score (nSPS) is 23.0. The first-order valence-corrected chi connectivity index (χ1v) is 7.92. The molecule has 0 radical (unpaired) electrons. The summed E-state index contributed by atoms with van der Waals surface area (Å²) in [6.07, 6.45) is 4.34. The summed E-state index contributed by atoms with van der Waals surface area (Å²) in [5.74, 6) is 0.618. The molecule has 2 rings (SSSR count). The predicted octanol–water partition coefficient (Wildman–Crippen LogP) is 3.17. The van der Waals surface area contributed by atoms with Crippen LogP contribution in [0.1, 0.15) is 25.5 Å². The fourth-order valence-corrected chi connectivity index (χ4v) is 3.55. The number of hydrogen-bond donors (Lipinski definition) is 1. The molecule has 2 unspecified atom stereocenters. The quantitative estimate of drug-likeness (QED) is 0.880. The van der Waals surface area contributed by atoms with Crippen molar-refractivity contribution >= 4 is 31.9 Å². The highest BCUT2D eigenvalue weighted by Gasteiger charge is 2.23. The number of pyridine rings is 1. The Morgan fingerprint density at radius 3 is 3.00 bits per heavy atom. The minimum Gasteiger partial charge on any atom is -0.328 e. The van der Waals surface area contributed by atoms with Gasteiger partial charge >= 0.3 is 0 Å². The number of likely N-dealkylation sites (tertiary alicyclic amines) is 1. The van der Waals surface area contributed by atoms with E-state index in [1.807, 2.05) is 6.20 Å². The molecule has 1 aromatic rings. The van der Waals surface area contributed by atoms with Crippen LogP contribution < -0.4 is 5.73 Å². The molecule has 2 atom stereocenters. The molecule has 100 valence electrons. The molecule has 1 aliphatic heterocycles. The van der Waals surface area contributed by atoms with Crippen molar-refractivity contribution in [3.8, 4) is 0 Å². The third-order valence-electron chi connectivity index (χ3n) is 3.54. The van der Waals surface area contributed by atoms with Crippen LogP contribution in [-0.2, 0) is 6.54 Å². The second-order valence-corrected chi connectivity index (χ2v) is 6.85. The molecule has 0 aliphatic carbocycles. The molecule has 0 bridgehead atoms. The highest BCUT2D eigenvalue weighted by Crippen LogP contribution is 2.24. The maximum Gasteiger partial charge on any atom is 0.0686 e. The van der Waals surface area contributed by atoms with Crippen molar-refractivity contribution in [3.63, 3.8) is 0 Å². The van der Waals surface area contributed by atoms with Gasteiger partial charge in [0.05, 0.1) is 5.69 Å². The Hall–Kier alpha value is 0.0300. The van der Waals surface area contributed by atoms with Crippen molar-refractivity contribution in [2.75, 3.05) is 13.1 Å². The predicted molar refractivity (Wildman–Crippen MR) is 81.3 cm³/mol. The van der Waals surface area contributed by atoms with Crippen LogP contribution in [0.15, 0.2) is 21.2 Å². The molecule has 18 heavy (non-hydrogen) atoms. The van der Waals surface area contributed by atoms with E-state index in [9.17, 15) is 0 Å². The largest absolute Gasteiger partial charge is 0.328 e. The molecule has 2 N–H and O–H groups in total. The molecular weight excluding hydrogens is 358 g/mol. The van der Waals surface area contributed by atoms with Crippen molar-refractivity contribution < 1.29 is 0 Å². The Kier molecular flexibility index (Phi) is 5.18. The van der Waals surface area contributed by atoms with E-state index in [2.05, 4.69) is 54.7 Å². The van der Waals surface area contributed by atoms with E-state index in [1.165, 1.54) is 12.8 Å². The van der Waals surface area contributed by atoms with Gasteiger partial charge in [-0.2, -0.15) is 0 Å². The maximum atomic E-state index is 6.01. The summed E-state index contributed by atoms with van der Waals surface area (Å²) in [4.78, 5) is 6.93. The fourth-order valence-electron chi connectivity index (χ4n) is 2.44. The second-order valence-electron chi connectivity index (χ2n) is 5.08. The van der Waals surface area contributed by atoms with Gasteiger partial charge in [-0.15, -0.1) is 0 Å². The van der Waals surface area contributed by atoms with Gasteiger partial charge in [-0.25, -0.2) is 0 Å². The first-order chi connectivity index (χ1) is 8.56. The van der Waals surface area contributed by atoms with Crippen LogP contribution in [0.4, 0.5) is 0 Å². The molecule has 1 fully saturated rings. The van der Waals surface area contributed by atoms with E-state index in [0.29, 0.717) is 5.92 Å². The number of nitrogens with two attached hydrogens (primary N) is 1. The van der Waals surface area contributed by atoms with Crippen molar-refractivity contribution in [1.82, 2.24) is 9.88 Å². The van der Waals surface area contributed by atoms with Crippen LogP contribution in [0, 0.1) is 5.92 Å². The number of piperidine rings is 1. The molecule has 0 amide bonds. The summed E-state index contributed by atoms with van der Waals surface area (Å²) in [6.45, 7) is 5.24. The van der Waals surface area contributed by atoms with Gasteiger partial charge < -0.3 is 5.73 Å². The van der Waals surface area contributed by atoms with Crippen LogP contribution in [0.5, 0.6) is 0 Å². The monoisotopic (exact) mass is 375 g/mol. The summed E-state index contributed by atoms with van der Waals surface area (Å²) >= 11 is 7.00. The molecule has 1 aromatic heterocycles. The van der Waals surface area contributed by atoms with Crippen molar-refractivity contribution in [1.29, 1.82) is 0 Å². The summed E-state index contributed by atoms with van der Waals surface area (Å²) in [5.41, 5.74) is 7.12. The summed E-state index contributed by atoms with van der Waals surface area (Å²) in [6, 6.07) is 2.34. The van der Waals surface area contributed by atoms with Crippen LogP contribution in [0.25, 0.3) is 0 Å². The van der Waals surface area contributed by atoms with Crippen molar-refractivity contribution in [2.24, 2.45) is 11.7 Å². The van der Waals surface area contributed by atoms with Gasteiger partial charge in [0.2, 0.25) is 0 Å². The lowest BCUT2D eigenvalue weighted by atomic mass is 9.92. The first-order valence-electron chi connectivity index (χ1n) is 6.34. The van der Waals surface area contributed by atoms with Gasteiger partial charge in [-0.1, -0.05) is 0 Å². The number of aromatic nitrogens is 1. The third-order valence-corrected chi connectivity index (χ3v) is 4.66. The molecule has 0 spiro atoms. The Morgan fingerprint density at radius 1 is 1.56 bits per heavy atom. The number of hydrogen-bond acceptors (Lipinski definition) is 3. The van der Waals surface area contributed by atoms with Crippen LogP contribution in [0.3, 0.4) is 0 Å². The zero-order valence-corrected chi connectivity index (χ0v) is 13.7. The maximum absolute atomic E-state index is 6.01.